The lowest BCUT2D eigenvalue weighted by atomic mass is 9.85. The molecular formula is C26H28FN9O3. The van der Waals surface area contributed by atoms with Gasteiger partial charge >= 0.3 is 0 Å². The molecule has 0 spiro atoms. The average molecular weight is 534 g/mol. The number of aromatic nitrogens is 7. The zero-order valence-corrected chi connectivity index (χ0v) is 21.7. The van der Waals surface area contributed by atoms with Gasteiger partial charge in [-0.05, 0) is 52.5 Å². The maximum Gasteiger partial charge on any atom is 0.291 e. The summed E-state index contributed by atoms with van der Waals surface area (Å²) in [6.07, 6.45) is 7.17. The molecule has 12 nitrogen and oxygen atoms in total. The molecule has 0 aliphatic carbocycles. The molecule has 4 N–H and O–H groups in total. The smallest absolute Gasteiger partial charge is 0.291 e. The summed E-state index contributed by atoms with van der Waals surface area (Å²) in [7, 11) is 0. The lowest BCUT2D eigenvalue weighted by Gasteiger charge is -2.38. The van der Waals surface area contributed by atoms with Gasteiger partial charge in [-0.3, -0.25) is 19.7 Å². The molecule has 6 rings (SSSR count). The summed E-state index contributed by atoms with van der Waals surface area (Å²) in [5.41, 5.74) is 7.11. The number of rotatable bonds is 5. The Morgan fingerprint density at radius 2 is 1.90 bits per heavy atom. The standard InChI is InChI=1S/C26H28FN9O3/c1-12(37)19-20(13-6-15-4-5-16(7-13)35(15)25(38)23-30-11-31-34-23)33-24-17(10-32-36(24)22(19)28)14-8-18(27)21(29-9-14)26(2,3)39/h8-11,13,15-16,39H,4-7,28H2,1-3H3,(H,30,31,34)/t13-,15-,16+. The molecule has 2 aliphatic heterocycles. The molecular weight excluding hydrogens is 505 g/mol. The lowest BCUT2D eigenvalue weighted by molar-refractivity contribution is 0.0556. The monoisotopic (exact) mass is 533 g/mol. The van der Waals surface area contributed by atoms with Crippen molar-refractivity contribution in [2.75, 3.05) is 5.73 Å². The highest BCUT2D eigenvalue weighted by molar-refractivity contribution is 6.00. The number of piperidine rings is 1. The van der Waals surface area contributed by atoms with Crippen LogP contribution in [0, 0.1) is 5.82 Å². The average Bonchev–Trinajstić information content (AvgIpc) is 3.61. The molecule has 3 atom stereocenters. The van der Waals surface area contributed by atoms with Crippen molar-refractivity contribution in [3.8, 4) is 11.1 Å². The second-order valence-electron chi connectivity index (χ2n) is 10.8. The summed E-state index contributed by atoms with van der Waals surface area (Å²) >= 11 is 0. The molecule has 4 aromatic rings. The number of ketones is 1. The molecule has 6 heterocycles. The van der Waals surface area contributed by atoms with Crippen molar-refractivity contribution in [2.45, 2.75) is 70.1 Å². The molecule has 202 valence electrons. The molecule has 2 fully saturated rings. The Labute approximate surface area is 222 Å². The predicted molar refractivity (Wildman–Crippen MR) is 137 cm³/mol. The molecule has 39 heavy (non-hydrogen) atoms. The van der Waals surface area contributed by atoms with Crippen LogP contribution in [0.4, 0.5) is 10.2 Å². The Balaban J connectivity index is 1.41. The van der Waals surface area contributed by atoms with Gasteiger partial charge in [0.05, 0.1) is 17.5 Å². The number of aromatic amines is 1. The van der Waals surface area contributed by atoms with Gasteiger partial charge in [0.1, 0.15) is 29.3 Å². The third kappa shape index (κ3) is 4.04. The Hall–Kier alpha value is -4.26. The summed E-state index contributed by atoms with van der Waals surface area (Å²) in [5, 5.41) is 21.0. The van der Waals surface area contributed by atoms with E-state index in [9.17, 15) is 19.1 Å². The first kappa shape index (κ1) is 25.0. The maximum absolute atomic E-state index is 14.9. The molecule has 4 aromatic heterocycles. The Bertz CT molecular complexity index is 1600. The van der Waals surface area contributed by atoms with Crippen molar-refractivity contribution in [1.82, 2.24) is 39.7 Å². The number of nitrogen functional groups attached to an aromatic ring is 1. The van der Waals surface area contributed by atoms with Crippen LogP contribution < -0.4 is 5.73 Å². The van der Waals surface area contributed by atoms with Crippen LogP contribution in [-0.2, 0) is 5.60 Å². The molecule has 13 heteroatoms. The van der Waals surface area contributed by atoms with E-state index in [-0.39, 0.29) is 47.0 Å². The molecule has 0 radical (unpaired) electrons. The van der Waals surface area contributed by atoms with E-state index in [0.29, 0.717) is 40.9 Å². The van der Waals surface area contributed by atoms with Crippen LogP contribution >= 0.6 is 0 Å². The highest BCUT2D eigenvalue weighted by Gasteiger charge is 2.45. The molecule has 0 unspecified atom stereocenters. The Morgan fingerprint density at radius 1 is 1.18 bits per heavy atom. The zero-order chi connectivity index (χ0) is 27.6. The maximum atomic E-state index is 14.9. The second-order valence-corrected chi connectivity index (χ2v) is 10.8. The number of nitrogens with one attached hydrogen (secondary N) is 1. The molecule has 2 bridgehead atoms. The fourth-order valence-corrected chi connectivity index (χ4v) is 6.09. The SMILES string of the molecule is CC(=O)c1c([C@@H]2C[C@H]3CC[C@@H](C2)N3C(=O)c2ncn[nH]2)nc2c(-c3cnc(C(C)(C)O)c(F)c3)cnn2c1N. The zero-order valence-electron chi connectivity index (χ0n) is 21.7. The molecule has 1 amide bonds. The van der Waals surface area contributed by atoms with Crippen molar-refractivity contribution < 1.29 is 19.1 Å². The van der Waals surface area contributed by atoms with E-state index in [0.717, 1.165) is 12.8 Å². The number of anilines is 1. The van der Waals surface area contributed by atoms with E-state index in [1.165, 1.54) is 50.1 Å². The van der Waals surface area contributed by atoms with E-state index >= 15 is 0 Å². The van der Waals surface area contributed by atoms with Crippen LogP contribution in [0.15, 0.2) is 24.8 Å². The fourth-order valence-electron chi connectivity index (χ4n) is 6.09. The third-order valence-corrected chi connectivity index (χ3v) is 7.77. The number of carbonyl (C=O) groups excluding carboxylic acids is 2. The van der Waals surface area contributed by atoms with Crippen LogP contribution in [0.3, 0.4) is 0 Å². The van der Waals surface area contributed by atoms with Crippen molar-refractivity contribution in [3.05, 3.63) is 53.4 Å². The van der Waals surface area contributed by atoms with Crippen LogP contribution in [0.25, 0.3) is 16.8 Å². The van der Waals surface area contributed by atoms with Gasteiger partial charge in [-0.1, -0.05) is 0 Å². The second kappa shape index (κ2) is 8.90. The lowest BCUT2D eigenvalue weighted by Crippen LogP contribution is -2.46. The number of amides is 1. The quantitative estimate of drug-likeness (QED) is 0.327. The van der Waals surface area contributed by atoms with E-state index in [2.05, 4.69) is 25.3 Å². The Kier molecular flexibility index (Phi) is 5.72. The minimum Gasteiger partial charge on any atom is -0.384 e. The van der Waals surface area contributed by atoms with Gasteiger partial charge in [0.25, 0.3) is 5.91 Å². The highest BCUT2D eigenvalue weighted by atomic mass is 19.1. The van der Waals surface area contributed by atoms with Gasteiger partial charge in [-0.2, -0.15) is 14.7 Å². The molecule has 0 aromatic carbocycles. The van der Waals surface area contributed by atoms with Crippen LogP contribution in [0.1, 0.15) is 84.7 Å². The van der Waals surface area contributed by atoms with Crippen molar-refractivity contribution in [2.24, 2.45) is 0 Å². The van der Waals surface area contributed by atoms with E-state index in [1.54, 1.807) is 0 Å². The number of aliphatic hydroxyl groups is 1. The first-order valence-electron chi connectivity index (χ1n) is 12.8. The first-order valence-corrected chi connectivity index (χ1v) is 12.8. The summed E-state index contributed by atoms with van der Waals surface area (Å²) in [5.74, 6) is -0.836. The fraction of sp³-hybridized carbons (Fsp3) is 0.423. The van der Waals surface area contributed by atoms with Crippen molar-refractivity contribution in [1.29, 1.82) is 0 Å². The normalized spacial score (nSPS) is 21.1. The molecule has 0 saturated carbocycles. The topological polar surface area (TPSA) is 168 Å². The summed E-state index contributed by atoms with van der Waals surface area (Å²) in [4.78, 5) is 40.8. The Morgan fingerprint density at radius 3 is 2.49 bits per heavy atom. The summed E-state index contributed by atoms with van der Waals surface area (Å²) < 4.78 is 16.3. The van der Waals surface area contributed by atoms with Crippen LogP contribution in [0.2, 0.25) is 0 Å². The highest BCUT2D eigenvalue weighted by Crippen LogP contribution is 2.45. The number of hydrogen-bond donors (Lipinski definition) is 3. The van der Waals surface area contributed by atoms with E-state index in [4.69, 9.17) is 10.7 Å². The summed E-state index contributed by atoms with van der Waals surface area (Å²) in [6.45, 7) is 4.37. The van der Waals surface area contributed by atoms with Crippen molar-refractivity contribution >= 4 is 23.2 Å². The number of nitrogens with two attached hydrogens (primary N) is 1. The number of halogens is 1. The van der Waals surface area contributed by atoms with Gasteiger partial charge < -0.3 is 15.7 Å². The van der Waals surface area contributed by atoms with E-state index in [1.807, 2.05) is 4.90 Å². The number of H-pyrrole nitrogens is 1. The van der Waals surface area contributed by atoms with Gasteiger partial charge in [-0.15, -0.1) is 0 Å². The van der Waals surface area contributed by atoms with Crippen LogP contribution in [-0.4, -0.2) is 68.5 Å². The first-order chi connectivity index (χ1) is 18.5. The number of carbonyl (C=O) groups is 2. The van der Waals surface area contributed by atoms with Gasteiger partial charge in [0.2, 0.25) is 5.82 Å². The number of pyridine rings is 1. The molecule has 2 aliphatic rings. The predicted octanol–water partition coefficient (Wildman–Crippen LogP) is 2.61. The van der Waals surface area contributed by atoms with Gasteiger partial charge in [0.15, 0.2) is 11.4 Å². The largest absolute Gasteiger partial charge is 0.384 e. The number of nitrogens with zero attached hydrogens (tertiary/aromatic N) is 7. The van der Waals surface area contributed by atoms with Crippen LogP contribution in [0.5, 0.6) is 0 Å². The number of fused-ring (bicyclic) bond motifs is 3. The number of hydrogen-bond acceptors (Lipinski definition) is 9. The number of Topliss-reactive ketones (excluding diaryl/α,β-unsaturated/α-hetero) is 1. The van der Waals surface area contributed by atoms with Gasteiger partial charge in [0, 0.05) is 35.3 Å². The van der Waals surface area contributed by atoms with Crippen molar-refractivity contribution in [3.63, 3.8) is 0 Å². The van der Waals surface area contributed by atoms with Gasteiger partial charge in [-0.25, -0.2) is 14.4 Å². The van der Waals surface area contributed by atoms with E-state index < -0.39 is 11.4 Å². The third-order valence-electron chi connectivity index (χ3n) is 7.77. The summed E-state index contributed by atoms with van der Waals surface area (Å²) in [6, 6.07) is 1.20. The molecule has 2 saturated heterocycles. The minimum absolute atomic E-state index is 0.0394. The minimum atomic E-state index is -1.45.